The van der Waals surface area contributed by atoms with Crippen LogP contribution in [0.4, 0.5) is 0 Å². The average Bonchev–Trinajstić information content (AvgIpc) is 2.27. The molecule has 0 spiro atoms. The first kappa shape index (κ1) is 16.1. The van der Waals surface area contributed by atoms with Crippen LogP contribution in [0.3, 0.4) is 0 Å². The molecule has 0 aliphatic heterocycles. The van der Waals surface area contributed by atoms with E-state index in [2.05, 4.69) is 0 Å². The van der Waals surface area contributed by atoms with Gasteiger partial charge in [-0.2, -0.15) is 0 Å². The van der Waals surface area contributed by atoms with Crippen molar-refractivity contribution in [2.45, 2.75) is 40.5 Å². The van der Waals surface area contributed by atoms with Crippen LogP contribution in [-0.4, -0.2) is 34.7 Å². The highest BCUT2D eigenvalue weighted by Crippen LogP contribution is 2.45. The Morgan fingerprint density at radius 3 is 1.15 bits per heavy atom. The zero-order valence-electron chi connectivity index (χ0n) is 11.9. The predicted molar refractivity (Wildman–Crippen MR) is 66.8 cm³/mol. The minimum Gasteiger partial charge on any atom is -0.298 e. The van der Waals surface area contributed by atoms with Gasteiger partial charge >= 0.3 is 0 Å². The molecular weight excluding hydrogens is 264 g/mol. The van der Waals surface area contributed by atoms with E-state index in [1.54, 1.807) is 0 Å². The lowest BCUT2D eigenvalue weighted by Crippen LogP contribution is -2.59. The summed E-state index contributed by atoms with van der Waals surface area (Å²) in [6.07, 6.45) is -1.43. The van der Waals surface area contributed by atoms with Gasteiger partial charge in [-0.05, 0) is 27.7 Å². The molecule has 0 N–H and O–H groups in total. The third kappa shape index (κ3) is 1.87. The van der Waals surface area contributed by atoms with Crippen molar-refractivity contribution in [3.8, 4) is 0 Å². The largest absolute Gasteiger partial charge is 0.298 e. The topological polar surface area (TPSA) is 102 Å². The molecule has 0 radical (unpaired) electrons. The second-order valence-electron chi connectivity index (χ2n) is 5.24. The molecule has 1 saturated carbocycles. The second-order valence-corrected chi connectivity index (χ2v) is 5.24. The number of hydrogen-bond acceptors (Lipinski definition) is 6. The van der Waals surface area contributed by atoms with Crippen molar-refractivity contribution in [3.63, 3.8) is 0 Å². The number of rotatable bonds is 4. The monoisotopic (exact) mass is 280 g/mol. The summed E-state index contributed by atoms with van der Waals surface area (Å²) in [5.41, 5.74) is -4.13. The molecule has 0 atom stereocenters. The molecule has 1 aliphatic carbocycles. The lowest BCUT2D eigenvalue weighted by molar-refractivity contribution is -0.161. The zero-order chi connectivity index (χ0) is 15.9. The average molecular weight is 280 g/mol. The molecule has 1 rings (SSSR count). The van der Waals surface area contributed by atoms with E-state index >= 15 is 0 Å². The molecule has 1 fully saturated rings. The molecule has 0 aromatic rings. The highest BCUT2D eigenvalue weighted by molar-refractivity contribution is 6.35. The van der Waals surface area contributed by atoms with Gasteiger partial charge in [0.05, 0.1) is 6.42 Å². The quantitative estimate of drug-likeness (QED) is 0.684. The van der Waals surface area contributed by atoms with Crippen LogP contribution in [-0.2, 0) is 28.8 Å². The van der Waals surface area contributed by atoms with E-state index in [1.165, 1.54) is 0 Å². The second kappa shape index (κ2) is 4.85. The van der Waals surface area contributed by atoms with Gasteiger partial charge in [0, 0.05) is 6.42 Å². The van der Waals surface area contributed by atoms with E-state index in [-0.39, 0.29) is 0 Å². The van der Waals surface area contributed by atoms with Gasteiger partial charge < -0.3 is 0 Å². The van der Waals surface area contributed by atoms with Crippen LogP contribution in [0, 0.1) is 10.8 Å². The summed E-state index contributed by atoms with van der Waals surface area (Å²) in [4.78, 5) is 71.5. The van der Waals surface area contributed by atoms with Crippen molar-refractivity contribution in [3.05, 3.63) is 0 Å². The summed E-state index contributed by atoms with van der Waals surface area (Å²) in [5, 5.41) is 0. The van der Waals surface area contributed by atoms with Gasteiger partial charge in [-0.15, -0.1) is 0 Å². The van der Waals surface area contributed by atoms with E-state index < -0.39 is 58.4 Å². The van der Waals surface area contributed by atoms with Crippen LogP contribution < -0.4 is 0 Å². The van der Waals surface area contributed by atoms with Crippen LogP contribution in [0.1, 0.15) is 40.5 Å². The summed E-state index contributed by atoms with van der Waals surface area (Å²) in [5.74, 6) is -4.63. The first-order valence-corrected chi connectivity index (χ1v) is 6.14. The fraction of sp³-hybridized carbons (Fsp3) is 0.571. The third-order valence-electron chi connectivity index (χ3n) is 4.21. The minimum absolute atomic E-state index is 0.674. The lowest BCUT2D eigenvalue weighted by atomic mass is 9.55. The fourth-order valence-electron chi connectivity index (χ4n) is 2.82. The summed E-state index contributed by atoms with van der Waals surface area (Å²) >= 11 is 0. The van der Waals surface area contributed by atoms with Gasteiger partial charge in [0.15, 0.2) is 34.7 Å². The van der Waals surface area contributed by atoms with Gasteiger partial charge in [0.1, 0.15) is 10.8 Å². The van der Waals surface area contributed by atoms with Crippen molar-refractivity contribution in [2.75, 3.05) is 0 Å². The van der Waals surface area contributed by atoms with Crippen molar-refractivity contribution < 1.29 is 28.8 Å². The Balaban J connectivity index is 3.61. The maximum atomic E-state index is 12.1. The predicted octanol–water partition coefficient (Wildman–Crippen LogP) is 0.247. The Morgan fingerprint density at radius 1 is 0.700 bits per heavy atom. The van der Waals surface area contributed by atoms with E-state index in [4.69, 9.17) is 0 Å². The van der Waals surface area contributed by atoms with E-state index in [1.807, 2.05) is 0 Å². The number of carbonyl (C=O) groups excluding carboxylic acids is 6. The van der Waals surface area contributed by atoms with Crippen molar-refractivity contribution in [1.82, 2.24) is 0 Å². The third-order valence-corrected chi connectivity index (χ3v) is 4.21. The zero-order valence-corrected chi connectivity index (χ0v) is 11.9. The molecule has 1 aliphatic rings. The molecule has 6 nitrogen and oxygen atoms in total. The number of Topliss-reactive ketones (excluding diaryl/α,β-unsaturated/α-hetero) is 6. The van der Waals surface area contributed by atoms with Crippen LogP contribution >= 0.6 is 0 Å². The summed E-state index contributed by atoms with van der Waals surface area (Å²) < 4.78 is 0. The molecule has 0 saturated heterocycles. The Morgan fingerprint density at radius 2 is 0.950 bits per heavy atom. The molecule has 0 amide bonds. The number of carbonyl (C=O) groups is 6. The van der Waals surface area contributed by atoms with E-state index in [0.29, 0.717) is 0 Å². The first-order chi connectivity index (χ1) is 9.03. The normalized spacial score (nSPS) is 20.4. The molecular formula is C14H16O6. The molecule has 0 aromatic carbocycles. The van der Waals surface area contributed by atoms with Gasteiger partial charge in [0.2, 0.25) is 0 Å². The molecule has 0 aromatic heterocycles. The molecule has 108 valence electrons. The van der Waals surface area contributed by atoms with E-state index in [9.17, 15) is 28.8 Å². The molecule has 0 bridgehead atoms. The Kier molecular flexibility index (Phi) is 3.90. The smallest absolute Gasteiger partial charge is 0.161 e. The summed E-state index contributed by atoms with van der Waals surface area (Å²) in [7, 11) is 0. The van der Waals surface area contributed by atoms with Crippen LogP contribution in [0.5, 0.6) is 0 Å². The maximum absolute atomic E-state index is 12.1. The van der Waals surface area contributed by atoms with Crippen LogP contribution in [0.25, 0.3) is 0 Å². The summed E-state index contributed by atoms with van der Waals surface area (Å²) in [6, 6.07) is 0. The molecule has 0 heterocycles. The first-order valence-electron chi connectivity index (χ1n) is 6.14. The minimum atomic E-state index is -2.06. The van der Waals surface area contributed by atoms with Crippen LogP contribution in [0.2, 0.25) is 0 Å². The van der Waals surface area contributed by atoms with Gasteiger partial charge in [-0.1, -0.05) is 0 Å². The van der Waals surface area contributed by atoms with Crippen molar-refractivity contribution in [1.29, 1.82) is 0 Å². The van der Waals surface area contributed by atoms with Gasteiger partial charge in [-0.25, -0.2) is 0 Å². The van der Waals surface area contributed by atoms with Gasteiger partial charge in [-0.3, -0.25) is 28.8 Å². The Labute approximate surface area is 115 Å². The van der Waals surface area contributed by atoms with Crippen molar-refractivity contribution >= 4 is 34.7 Å². The maximum Gasteiger partial charge on any atom is 0.161 e. The number of hydrogen-bond donors (Lipinski definition) is 0. The molecule has 6 heteroatoms. The molecule has 0 unspecified atom stereocenters. The van der Waals surface area contributed by atoms with E-state index in [0.717, 1.165) is 27.7 Å². The van der Waals surface area contributed by atoms with Crippen molar-refractivity contribution in [2.24, 2.45) is 10.8 Å². The fourth-order valence-corrected chi connectivity index (χ4v) is 2.82. The standard InChI is InChI=1S/C14H16O6/c1-7(15)13(8(2)16)6-14(9(3)17,10(4)18)12(20)5-11(13)19/h5-6H2,1-4H3. The van der Waals surface area contributed by atoms with Crippen LogP contribution in [0.15, 0.2) is 0 Å². The Hall–Kier alpha value is -1.98. The summed E-state index contributed by atoms with van der Waals surface area (Å²) in [6.45, 7) is 4.22. The lowest BCUT2D eigenvalue weighted by Gasteiger charge is -2.40. The SMILES string of the molecule is CC(=O)C1(C(C)=O)CC(C(C)=O)(C(C)=O)C(=O)CC1=O. The highest BCUT2D eigenvalue weighted by atomic mass is 16.2. The molecule has 20 heavy (non-hydrogen) atoms. The Bertz CT molecular complexity index is 478. The highest BCUT2D eigenvalue weighted by Gasteiger charge is 2.63. The number of ketones is 6. The van der Waals surface area contributed by atoms with Gasteiger partial charge in [0.25, 0.3) is 0 Å².